The maximum absolute atomic E-state index is 4.23. The zero-order chi connectivity index (χ0) is 14.5. The Labute approximate surface area is 137 Å². The molecule has 6 nitrogen and oxygen atoms in total. The van der Waals surface area contributed by atoms with Gasteiger partial charge in [0.25, 0.3) is 0 Å². The summed E-state index contributed by atoms with van der Waals surface area (Å²) >= 11 is 0. The van der Waals surface area contributed by atoms with Crippen LogP contribution in [0.15, 0.2) is 30.3 Å². The van der Waals surface area contributed by atoms with Crippen molar-refractivity contribution < 1.29 is 0 Å². The molecule has 0 amide bonds. The second-order valence-electron chi connectivity index (χ2n) is 5.46. The van der Waals surface area contributed by atoms with Gasteiger partial charge in [-0.15, -0.1) is 17.5 Å². The van der Waals surface area contributed by atoms with Crippen molar-refractivity contribution >= 4 is 12.4 Å². The molecule has 1 atom stereocenters. The lowest BCUT2D eigenvalue weighted by atomic mass is 10.2. The zero-order valence-corrected chi connectivity index (χ0v) is 13.7. The van der Waals surface area contributed by atoms with E-state index in [0.717, 1.165) is 44.1 Å². The summed E-state index contributed by atoms with van der Waals surface area (Å²) in [5.41, 5.74) is 1.01. The van der Waals surface area contributed by atoms with Gasteiger partial charge < -0.3 is 5.32 Å². The quantitative estimate of drug-likeness (QED) is 0.876. The third-order valence-electron chi connectivity index (χ3n) is 3.94. The minimum Gasteiger partial charge on any atom is -0.315 e. The van der Waals surface area contributed by atoms with Gasteiger partial charge in [-0.25, -0.2) is 0 Å². The normalized spacial score (nSPS) is 17.6. The Balaban J connectivity index is 0.00000176. The molecule has 2 aromatic rings. The van der Waals surface area contributed by atoms with Crippen LogP contribution < -0.4 is 5.32 Å². The number of hydrogen-bond acceptors (Lipinski definition) is 5. The Morgan fingerprint density at radius 2 is 2.14 bits per heavy atom. The van der Waals surface area contributed by atoms with Crippen molar-refractivity contribution in [2.75, 3.05) is 19.6 Å². The highest BCUT2D eigenvalue weighted by molar-refractivity contribution is 5.85. The first-order chi connectivity index (χ1) is 10.4. The van der Waals surface area contributed by atoms with Gasteiger partial charge in [-0.2, -0.15) is 4.68 Å². The summed E-state index contributed by atoms with van der Waals surface area (Å²) in [6, 6.07) is 10.7. The van der Waals surface area contributed by atoms with Crippen LogP contribution in [0.3, 0.4) is 0 Å². The molecule has 0 aliphatic carbocycles. The van der Waals surface area contributed by atoms with Crippen LogP contribution in [0, 0.1) is 0 Å². The predicted molar refractivity (Wildman–Crippen MR) is 88.4 cm³/mol. The van der Waals surface area contributed by atoms with Crippen LogP contribution in [0.2, 0.25) is 0 Å². The summed E-state index contributed by atoms with van der Waals surface area (Å²) in [6.45, 7) is 6.26. The van der Waals surface area contributed by atoms with E-state index >= 15 is 0 Å². The molecule has 1 aromatic carbocycles. The lowest BCUT2D eigenvalue weighted by Crippen LogP contribution is -2.37. The zero-order valence-electron chi connectivity index (χ0n) is 12.9. The van der Waals surface area contributed by atoms with Crippen molar-refractivity contribution in [1.82, 2.24) is 30.4 Å². The number of hydrogen-bond donors (Lipinski definition) is 1. The average molecular weight is 323 g/mol. The van der Waals surface area contributed by atoms with Crippen LogP contribution in [-0.2, 0) is 6.54 Å². The molecule has 22 heavy (non-hydrogen) atoms. The fourth-order valence-electron chi connectivity index (χ4n) is 2.88. The Morgan fingerprint density at radius 1 is 1.32 bits per heavy atom. The van der Waals surface area contributed by atoms with Gasteiger partial charge in [-0.3, -0.25) is 4.90 Å². The molecule has 7 heteroatoms. The van der Waals surface area contributed by atoms with Gasteiger partial charge in [0.1, 0.15) is 0 Å². The van der Waals surface area contributed by atoms with Crippen molar-refractivity contribution in [2.24, 2.45) is 0 Å². The SMILES string of the molecule is CCCN(Cc1nnnn1-c1ccccc1)C1CCNC1.Cl. The Bertz CT molecular complexity index is 552. The van der Waals surface area contributed by atoms with Gasteiger partial charge in [0.05, 0.1) is 12.2 Å². The molecular weight excluding hydrogens is 300 g/mol. The van der Waals surface area contributed by atoms with Crippen molar-refractivity contribution in [3.63, 3.8) is 0 Å². The molecule has 120 valence electrons. The van der Waals surface area contributed by atoms with Crippen LogP contribution in [0.25, 0.3) is 5.69 Å². The van der Waals surface area contributed by atoms with Crippen LogP contribution in [0.5, 0.6) is 0 Å². The number of para-hydroxylation sites is 1. The monoisotopic (exact) mass is 322 g/mol. The fourth-order valence-corrected chi connectivity index (χ4v) is 2.88. The van der Waals surface area contributed by atoms with Crippen LogP contribution in [0.1, 0.15) is 25.6 Å². The third kappa shape index (κ3) is 3.82. The maximum Gasteiger partial charge on any atom is 0.170 e. The standard InChI is InChI=1S/C15H22N6.ClH/c1-2-10-20(14-8-9-16-11-14)12-15-17-18-19-21(15)13-6-4-3-5-7-13;/h3-7,14,16H,2,8-12H2,1H3;1H. The molecule has 1 aliphatic rings. The number of tetrazole rings is 1. The smallest absolute Gasteiger partial charge is 0.170 e. The van der Waals surface area contributed by atoms with E-state index in [-0.39, 0.29) is 12.4 Å². The first kappa shape index (κ1) is 16.9. The van der Waals surface area contributed by atoms with Crippen molar-refractivity contribution in [2.45, 2.75) is 32.4 Å². The highest BCUT2D eigenvalue weighted by atomic mass is 35.5. The highest BCUT2D eigenvalue weighted by Gasteiger charge is 2.23. The Hall–Kier alpha value is -1.50. The molecule has 1 unspecified atom stereocenters. The van der Waals surface area contributed by atoms with Gasteiger partial charge in [-0.1, -0.05) is 25.1 Å². The van der Waals surface area contributed by atoms with Gasteiger partial charge in [0.15, 0.2) is 5.82 Å². The highest BCUT2D eigenvalue weighted by Crippen LogP contribution is 2.14. The maximum atomic E-state index is 4.23. The van der Waals surface area contributed by atoms with Crippen LogP contribution in [0.4, 0.5) is 0 Å². The van der Waals surface area contributed by atoms with Crippen molar-refractivity contribution in [3.05, 3.63) is 36.2 Å². The van der Waals surface area contributed by atoms with E-state index < -0.39 is 0 Å². The van der Waals surface area contributed by atoms with Gasteiger partial charge >= 0.3 is 0 Å². The molecule has 1 N–H and O–H groups in total. The van der Waals surface area contributed by atoms with E-state index in [2.05, 4.69) is 32.7 Å². The number of nitrogens with one attached hydrogen (secondary N) is 1. The summed E-state index contributed by atoms with van der Waals surface area (Å²) in [5.74, 6) is 0.904. The number of benzene rings is 1. The van der Waals surface area contributed by atoms with Crippen LogP contribution in [-0.4, -0.2) is 50.8 Å². The van der Waals surface area contributed by atoms with E-state index in [0.29, 0.717) is 6.04 Å². The summed E-state index contributed by atoms with van der Waals surface area (Å²) < 4.78 is 1.84. The van der Waals surface area contributed by atoms with Crippen LogP contribution >= 0.6 is 12.4 Å². The fraction of sp³-hybridized carbons (Fsp3) is 0.533. The molecule has 0 bridgehead atoms. The second-order valence-corrected chi connectivity index (χ2v) is 5.46. The molecule has 0 spiro atoms. The molecule has 0 saturated carbocycles. The first-order valence-electron chi connectivity index (χ1n) is 7.66. The topological polar surface area (TPSA) is 58.9 Å². The van der Waals surface area contributed by atoms with Gasteiger partial charge in [-0.05, 0) is 48.5 Å². The lowest BCUT2D eigenvalue weighted by Gasteiger charge is -2.27. The molecule has 1 saturated heterocycles. The summed E-state index contributed by atoms with van der Waals surface area (Å²) in [5, 5.41) is 15.7. The lowest BCUT2D eigenvalue weighted by molar-refractivity contribution is 0.193. The molecule has 1 aromatic heterocycles. The third-order valence-corrected chi connectivity index (χ3v) is 3.94. The number of halogens is 1. The van der Waals surface area contributed by atoms with E-state index in [4.69, 9.17) is 0 Å². The molecule has 3 rings (SSSR count). The largest absolute Gasteiger partial charge is 0.315 e. The van der Waals surface area contributed by atoms with E-state index in [9.17, 15) is 0 Å². The van der Waals surface area contributed by atoms with Crippen molar-refractivity contribution in [3.8, 4) is 5.69 Å². The van der Waals surface area contributed by atoms with E-state index in [1.54, 1.807) is 0 Å². The predicted octanol–water partition coefficient (Wildman–Crippen LogP) is 1.66. The first-order valence-corrected chi connectivity index (χ1v) is 7.66. The molecule has 0 radical (unpaired) electrons. The number of nitrogens with zero attached hydrogens (tertiary/aromatic N) is 5. The molecule has 1 aliphatic heterocycles. The summed E-state index contributed by atoms with van der Waals surface area (Å²) in [6.07, 6.45) is 2.34. The second kappa shape index (κ2) is 8.22. The summed E-state index contributed by atoms with van der Waals surface area (Å²) in [4.78, 5) is 2.49. The minimum atomic E-state index is 0. The Kier molecular flexibility index (Phi) is 6.30. The van der Waals surface area contributed by atoms with Gasteiger partial charge in [0.2, 0.25) is 0 Å². The molecular formula is C15H23ClN6. The number of aromatic nitrogens is 4. The summed E-state index contributed by atoms with van der Waals surface area (Å²) in [7, 11) is 0. The van der Waals surface area contributed by atoms with Crippen molar-refractivity contribution in [1.29, 1.82) is 0 Å². The molecule has 2 heterocycles. The average Bonchev–Trinajstić information content (AvgIpc) is 3.19. The number of rotatable bonds is 6. The Morgan fingerprint density at radius 3 is 2.82 bits per heavy atom. The van der Waals surface area contributed by atoms with Gasteiger partial charge in [0, 0.05) is 12.6 Å². The molecule has 1 fully saturated rings. The minimum absolute atomic E-state index is 0. The van der Waals surface area contributed by atoms with E-state index in [1.807, 2.05) is 35.0 Å². The van der Waals surface area contributed by atoms with E-state index in [1.165, 1.54) is 6.42 Å².